The monoisotopic (exact) mass is 1050 g/mol. The van der Waals surface area contributed by atoms with Gasteiger partial charge in [0.25, 0.3) is 0 Å². The molecule has 4 unspecified atom stereocenters. The van der Waals surface area contributed by atoms with Crippen LogP contribution in [0.4, 0.5) is 0 Å². The fourth-order valence-corrected chi connectivity index (χ4v) is 31.6. The molecular weight excluding hydrogens is 945 g/mol. The maximum Gasteiger partial charge on any atom is 0.317 e. The van der Waals surface area contributed by atoms with E-state index in [1.165, 1.54) is 89.9 Å². The molecule has 0 amide bonds. The van der Waals surface area contributed by atoms with Gasteiger partial charge in [-0.25, -0.2) is 0 Å². The number of ether oxygens (including phenoxy) is 7. The normalized spacial score (nSPS) is 16.0. The average Bonchev–Trinajstić information content (AvgIpc) is 3.22. The molecule has 0 fully saturated rings. The lowest BCUT2D eigenvalue weighted by Crippen LogP contribution is -2.60. The molecule has 0 aliphatic rings. The Hall–Kier alpha value is 0.484. The first-order valence-corrected chi connectivity index (χ1v) is 40.8. The molecule has 20 heteroatoms. The fraction of sp³-hybridized carbons (Fsp3) is 1.00. The molecule has 0 aromatic carbocycles. The third kappa shape index (κ3) is 44.9. The van der Waals surface area contributed by atoms with Crippen molar-refractivity contribution in [3.63, 3.8) is 0 Å². The van der Waals surface area contributed by atoms with Gasteiger partial charge in [-0.2, -0.15) is 0 Å². The minimum Gasteiger partial charge on any atom is -0.437 e. The van der Waals surface area contributed by atoms with Gasteiger partial charge in [-0.3, -0.25) is 0 Å². The summed E-state index contributed by atoms with van der Waals surface area (Å²) < 4.78 is 68.0. The maximum absolute atomic E-state index is 9.72. The first-order valence-electron chi connectivity index (χ1n) is 26.1. The molecule has 404 valence electrons. The van der Waals surface area contributed by atoms with Crippen LogP contribution in [0.25, 0.3) is 0 Å². The summed E-state index contributed by atoms with van der Waals surface area (Å²) in [5.74, 6) is 0. The molecule has 0 aromatic rings. The topological polar surface area (TPSA) is 182 Å². The molecule has 0 spiro atoms. The van der Waals surface area contributed by atoms with E-state index in [-0.39, 0.29) is 40.0 Å². The minimum absolute atomic E-state index is 0.0481. The van der Waals surface area contributed by atoms with Gasteiger partial charge in [0.05, 0.1) is 46.2 Å². The summed E-state index contributed by atoms with van der Waals surface area (Å²) >= 11 is 0. The van der Waals surface area contributed by atoms with E-state index in [9.17, 15) is 10.2 Å². The lowest BCUT2D eigenvalue weighted by Gasteiger charge is -2.44. The molecule has 67 heavy (non-hydrogen) atoms. The van der Waals surface area contributed by atoms with Crippen molar-refractivity contribution in [3.05, 3.63) is 0 Å². The van der Waals surface area contributed by atoms with Crippen LogP contribution in [0.1, 0.15) is 122 Å². The highest BCUT2D eigenvalue weighted by Crippen LogP contribution is 2.32. The van der Waals surface area contributed by atoms with Gasteiger partial charge in [-0.1, -0.05) is 96.8 Å². The lowest BCUT2D eigenvalue weighted by molar-refractivity contribution is -0.132. The van der Waals surface area contributed by atoms with Gasteiger partial charge in [0, 0.05) is 26.4 Å². The molecule has 0 radical (unpaired) electrons. The first kappa shape index (κ1) is 67.5. The Kier molecular flexibility index (Phi) is 41.2. The Morgan fingerprint density at radius 1 is 0.373 bits per heavy atom. The highest BCUT2D eigenvalue weighted by atomic mass is 28.5. The van der Waals surface area contributed by atoms with Crippen molar-refractivity contribution in [3.8, 4) is 0 Å². The molecule has 0 rings (SSSR count). The van der Waals surface area contributed by atoms with E-state index in [0.29, 0.717) is 38.9 Å². The van der Waals surface area contributed by atoms with Crippen LogP contribution in [0.15, 0.2) is 0 Å². The van der Waals surface area contributed by atoms with E-state index in [0.717, 1.165) is 31.9 Å². The van der Waals surface area contributed by atoms with Crippen molar-refractivity contribution in [1.82, 2.24) is 0 Å². The summed E-state index contributed by atoms with van der Waals surface area (Å²) in [5, 5.41) is 37.8. The lowest BCUT2D eigenvalue weighted by atomic mass is 10.0. The van der Waals surface area contributed by atoms with Crippen LogP contribution in [-0.2, 0) is 49.6 Å². The average molecular weight is 1050 g/mol. The van der Waals surface area contributed by atoms with Gasteiger partial charge < -0.3 is 70.0 Å². The van der Waals surface area contributed by atoms with Crippen molar-refractivity contribution in [2.75, 3.05) is 86.3 Å². The smallest absolute Gasteiger partial charge is 0.317 e. The third-order valence-electron chi connectivity index (χ3n) is 10.5. The highest BCUT2D eigenvalue weighted by molar-refractivity contribution is 6.90. The van der Waals surface area contributed by atoms with E-state index in [2.05, 4.69) is 72.4 Å². The molecule has 15 nitrogen and oxygen atoms in total. The molecule has 0 aromatic heterocycles. The summed E-state index contributed by atoms with van der Waals surface area (Å²) in [6.45, 7) is 26.5. The molecule has 0 aliphatic carbocycles. The van der Waals surface area contributed by atoms with Crippen molar-refractivity contribution < 1.29 is 70.0 Å². The second kappa shape index (κ2) is 40.9. The quantitative estimate of drug-likeness (QED) is 0.0257. The van der Waals surface area contributed by atoms with E-state index in [4.69, 9.17) is 59.8 Å². The predicted octanol–water partition coefficient (Wildman–Crippen LogP) is 9.72. The summed E-state index contributed by atoms with van der Waals surface area (Å²) in [6, 6.07) is 1.40. The molecule has 0 heterocycles. The van der Waals surface area contributed by atoms with E-state index < -0.39 is 73.8 Å². The van der Waals surface area contributed by atoms with Crippen molar-refractivity contribution >= 4 is 42.3 Å². The zero-order chi connectivity index (χ0) is 50.3. The number of rotatable bonds is 51. The second-order valence-electron chi connectivity index (χ2n) is 20.9. The molecular formula is C47H106O15Si5. The Labute approximate surface area is 415 Å². The molecule has 0 aliphatic heterocycles. The van der Waals surface area contributed by atoms with Crippen molar-refractivity contribution in [1.29, 1.82) is 0 Å². The molecule has 4 atom stereocenters. The number of hydrogen-bond donors (Lipinski definition) is 4. The third-order valence-corrected chi connectivity index (χ3v) is 28.7. The van der Waals surface area contributed by atoms with Gasteiger partial charge in [-0.05, 0) is 103 Å². The van der Waals surface area contributed by atoms with Gasteiger partial charge >= 0.3 is 25.7 Å². The summed E-state index contributed by atoms with van der Waals surface area (Å²) in [7, 11) is -12.2. The minimum atomic E-state index is -2.87. The largest absolute Gasteiger partial charge is 0.437 e. The van der Waals surface area contributed by atoms with Crippen molar-refractivity contribution in [2.24, 2.45) is 0 Å². The van der Waals surface area contributed by atoms with Crippen LogP contribution >= 0.6 is 0 Å². The first-order chi connectivity index (χ1) is 31.7. The standard InChI is InChI=1S/C47H106O15Si5/c1-12-13-14-15-16-17-18-19-20-21-22-23-24-25-26-30-53-43-57-44-54-32-27-31-52-33-28-35-67(11,61-65(8,9)59-63(2,3)4)62-66(10,60-64(5,6)7)36-29-34-58-47(41-55-39-45(50)37-48)42-56-40-46(51)38-49/h45-51H,12-44H2,1-11H3. The molecule has 4 N–H and O–H groups in total. The SMILES string of the molecule is CCCCCCCCCCCCCCCCCOCOCOCCCOCCC[Si](C)(O[Si](C)(C)O[Si](C)(C)C)O[Si](C)(CCCOC(COCC(O)CO)COCC(O)CO)O[Si](C)(C)C. The van der Waals surface area contributed by atoms with Gasteiger partial charge in [-0.15, -0.1) is 0 Å². The maximum atomic E-state index is 9.72. The molecule has 0 saturated carbocycles. The summed E-state index contributed by atoms with van der Waals surface area (Å²) in [6.07, 6.45) is 20.0. The number of hydrogen-bond acceptors (Lipinski definition) is 15. The van der Waals surface area contributed by atoms with Crippen LogP contribution in [0.2, 0.25) is 77.6 Å². The zero-order valence-corrected chi connectivity index (χ0v) is 49.8. The Morgan fingerprint density at radius 3 is 1.24 bits per heavy atom. The number of aliphatic hydroxyl groups is 4. The van der Waals surface area contributed by atoms with Crippen LogP contribution < -0.4 is 0 Å². The number of aliphatic hydroxyl groups excluding tert-OH is 4. The Morgan fingerprint density at radius 2 is 0.776 bits per heavy atom. The zero-order valence-electron chi connectivity index (χ0n) is 44.8. The number of unbranched alkanes of at least 4 members (excludes halogenated alkanes) is 14. The Bertz CT molecular complexity index is 1090. The van der Waals surface area contributed by atoms with Crippen LogP contribution in [0, 0.1) is 0 Å². The fourth-order valence-electron chi connectivity index (χ4n) is 7.90. The van der Waals surface area contributed by atoms with E-state index >= 15 is 0 Å². The van der Waals surface area contributed by atoms with E-state index in [1.54, 1.807) is 0 Å². The van der Waals surface area contributed by atoms with Gasteiger partial charge in [0.1, 0.15) is 31.9 Å². The van der Waals surface area contributed by atoms with Gasteiger partial charge in [0.15, 0.2) is 16.6 Å². The summed E-state index contributed by atoms with van der Waals surface area (Å²) in [5.41, 5.74) is 0. The Balaban J connectivity index is 4.78. The van der Waals surface area contributed by atoms with Crippen LogP contribution in [0.5, 0.6) is 0 Å². The predicted molar refractivity (Wildman–Crippen MR) is 281 cm³/mol. The van der Waals surface area contributed by atoms with Crippen LogP contribution in [0.3, 0.4) is 0 Å². The van der Waals surface area contributed by atoms with Crippen molar-refractivity contribution in [2.45, 2.75) is 218 Å². The van der Waals surface area contributed by atoms with E-state index in [1.807, 2.05) is 0 Å². The molecule has 0 saturated heterocycles. The van der Waals surface area contributed by atoms with Gasteiger partial charge in [0.2, 0.25) is 0 Å². The summed E-state index contributed by atoms with van der Waals surface area (Å²) in [4.78, 5) is 0. The molecule has 0 bridgehead atoms. The van der Waals surface area contributed by atoms with Crippen LogP contribution in [-0.4, -0.2) is 167 Å². The second-order valence-corrected chi connectivity index (χ2v) is 41.0. The highest BCUT2D eigenvalue weighted by Gasteiger charge is 2.48.